The Bertz CT molecular complexity index is 361. The molecule has 0 unspecified atom stereocenters. The molecule has 96 valence electrons. The molecular formula is C12H20BrN3O. The fourth-order valence-electron chi connectivity index (χ4n) is 2.46. The molecule has 5 heteroatoms. The second-order valence-corrected chi connectivity index (χ2v) is 5.09. The van der Waals surface area contributed by atoms with Gasteiger partial charge < -0.3 is 9.30 Å². The molecule has 0 bridgehead atoms. The van der Waals surface area contributed by atoms with Gasteiger partial charge in [-0.2, -0.15) is 0 Å². The lowest BCUT2D eigenvalue weighted by Crippen LogP contribution is -2.33. The Hall–Kier alpha value is -0.420. The molecule has 1 aromatic rings. The first-order valence-corrected chi connectivity index (χ1v) is 7.49. The van der Waals surface area contributed by atoms with Crippen molar-refractivity contribution in [2.75, 3.05) is 6.61 Å². The molecule has 0 atom stereocenters. The summed E-state index contributed by atoms with van der Waals surface area (Å²) in [6.07, 6.45) is 3.87. The number of ether oxygens (including phenoxy) is 1. The summed E-state index contributed by atoms with van der Waals surface area (Å²) in [4.78, 5) is 0. The van der Waals surface area contributed by atoms with Crippen molar-refractivity contribution in [2.45, 2.75) is 51.1 Å². The highest BCUT2D eigenvalue weighted by Gasteiger charge is 2.30. The van der Waals surface area contributed by atoms with E-state index in [9.17, 15) is 0 Å². The summed E-state index contributed by atoms with van der Waals surface area (Å²) in [5.41, 5.74) is 0. The first-order valence-electron chi connectivity index (χ1n) is 6.36. The summed E-state index contributed by atoms with van der Waals surface area (Å²) in [5.74, 6) is 2.88. The minimum Gasteiger partial charge on any atom is -0.378 e. The predicted octanol–water partition coefficient (Wildman–Crippen LogP) is 2.55. The number of halogens is 1. The van der Waals surface area contributed by atoms with E-state index in [0.29, 0.717) is 6.10 Å². The van der Waals surface area contributed by atoms with Gasteiger partial charge in [0.15, 0.2) is 0 Å². The van der Waals surface area contributed by atoms with E-state index in [4.69, 9.17) is 4.74 Å². The van der Waals surface area contributed by atoms with Crippen LogP contribution in [-0.2, 0) is 23.0 Å². The average Bonchev–Trinajstić information content (AvgIpc) is 2.68. The van der Waals surface area contributed by atoms with Crippen LogP contribution in [0.25, 0.3) is 0 Å². The highest BCUT2D eigenvalue weighted by atomic mass is 79.9. The van der Waals surface area contributed by atoms with Crippen LogP contribution in [0, 0.1) is 5.92 Å². The van der Waals surface area contributed by atoms with Gasteiger partial charge in [-0.1, -0.05) is 15.9 Å². The average molecular weight is 302 g/mol. The van der Waals surface area contributed by atoms with Gasteiger partial charge in [0.1, 0.15) is 11.6 Å². The van der Waals surface area contributed by atoms with Crippen molar-refractivity contribution < 1.29 is 4.74 Å². The molecule has 1 saturated carbocycles. The molecule has 0 radical (unpaired) electrons. The molecule has 1 aliphatic carbocycles. The van der Waals surface area contributed by atoms with E-state index in [1.54, 1.807) is 0 Å². The Labute approximate surface area is 111 Å². The van der Waals surface area contributed by atoms with Crippen LogP contribution in [-0.4, -0.2) is 27.5 Å². The van der Waals surface area contributed by atoms with Gasteiger partial charge in [0, 0.05) is 19.6 Å². The van der Waals surface area contributed by atoms with E-state index in [1.807, 2.05) is 0 Å². The van der Waals surface area contributed by atoms with Gasteiger partial charge in [-0.3, -0.25) is 0 Å². The van der Waals surface area contributed by atoms with Gasteiger partial charge in [-0.15, -0.1) is 10.2 Å². The third-order valence-electron chi connectivity index (χ3n) is 3.41. The second kappa shape index (κ2) is 5.96. The molecule has 0 amide bonds. The molecule has 1 fully saturated rings. The van der Waals surface area contributed by atoms with Gasteiger partial charge in [-0.05, 0) is 32.6 Å². The SMILES string of the molecule is CCOC1CC(Cc2nnc(CBr)n2CC)C1. The lowest BCUT2D eigenvalue weighted by molar-refractivity contribution is -0.0247. The van der Waals surface area contributed by atoms with Crippen LogP contribution in [0.15, 0.2) is 0 Å². The lowest BCUT2D eigenvalue weighted by atomic mass is 9.80. The molecule has 4 nitrogen and oxygen atoms in total. The Balaban J connectivity index is 1.90. The maximum Gasteiger partial charge on any atom is 0.143 e. The molecule has 1 aliphatic rings. The zero-order valence-corrected chi connectivity index (χ0v) is 12.1. The van der Waals surface area contributed by atoms with Crippen molar-refractivity contribution >= 4 is 15.9 Å². The number of hydrogen-bond acceptors (Lipinski definition) is 3. The van der Waals surface area contributed by atoms with E-state index in [0.717, 1.165) is 42.5 Å². The van der Waals surface area contributed by atoms with E-state index >= 15 is 0 Å². The van der Waals surface area contributed by atoms with Crippen LogP contribution in [0.3, 0.4) is 0 Å². The fraction of sp³-hybridized carbons (Fsp3) is 0.833. The first kappa shape index (κ1) is 13.0. The molecule has 0 spiro atoms. The van der Waals surface area contributed by atoms with Crippen molar-refractivity contribution in [2.24, 2.45) is 5.92 Å². The van der Waals surface area contributed by atoms with Gasteiger partial charge in [-0.25, -0.2) is 0 Å². The largest absolute Gasteiger partial charge is 0.378 e. The molecule has 0 aliphatic heterocycles. The molecule has 1 heterocycles. The van der Waals surface area contributed by atoms with E-state index in [2.05, 4.69) is 44.5 Å². The van der Waals surface area contributed by atoms with Crippen LogP contribution < -0.4 is 0 Å². The Morgan fingerprint density at radius 2 is 2.00 bits per heavy atom. The van der Waals surface area contributed by atoms with Gasteiger partial charge in [0.25, 0.3) is 0 Å². The van der Waals surface area contributed by atoms with Gasteiger partial charge in [0.2, 0.25) is 0 Å². The number of aromatic nitrogens is 3. The summed E-state index contributed by atoms with van der Waals surface area (Å²) < 4.78 is 7.79. The Morgan fingerprint density at radius 3 is 2.59 bits per heavy atom. The third-order valence-corrected chi connectivity index (χ3v) is 3.91. The Morgan fingerprint density at radius 1 is 1.29 bits per heavy atom. The van der Waals surface area contributed by atoms with Crippen molar-refractivity contribution in [3.8, 4) is 0 Å². The summed E-state index contributed by atoms with van der Waals surface area (Å²) in [5, 5.41) is 9.28. The van der Waals surface area contributed by atoms with Crippen molar-refractivity contribution in [1.82, 2.24) is 14.8 Å². The molecule has 17 heavy (non-hydrogen) atoms. The van der Waals surface area contributed by atoms with Crippen LogP contribution >= 0.6 is 15.9 Å². The second-order valence-electron chi connectivity index (χ2n) is 4.53. The van der Waals surface area contributed by atoms with Crippen LogP contribution in [0.1, 0.15) is 38.3 Å². The summed E-state index contributed by atoms with van der Waals surface area (Å²) in [6.45, 7) is 5.98. The third kappa shape index (κ3) is 2.88. The minimum atomic E-state index is 0.485. The molecule has 2 rings (SSSR count). The summed E-state index contributed by atoms with van der Waals surface area (Å²) in [6, 6.07) is 0. The number of alkyl halides is 1. The molecule has 0 N–H and O–H groups in total. The van der Waals surface area contributed by atoms with Gasteiger partial charge in [0.05, 0.1) is 11.4 Å². The number of nitrogens with zero attached hydrogens (tertiary/aromatic N) is 3. The van der Waals surface area contributed by atoms with E-state index < -0.39 is 0 Å². The topological polar surface area (TPSA) is 39.9 Å². The quantitative estimate of drug-likeness (QED) is 0.758. The highest BCUT2D eigenvalue weighted by Crippen LogP contribution is 2.32. The van der Waals surface area contributed by atoms with Crippen molar-refractivity contribution in [3.63, 3.8) is 0 Å². The maximum absolute atomic E-state index is 5.58. The molecular weight excluding hydrogens is 282 g/mol. The molecule has 0 aromatic carbocycles. The monoisotopic (exact) mass is 301 g/mol. The number of hydrogen-bond donors (Lipinski definition) is 0. The molecule has 0 saturated heterocycles. The maximum atomic E-state index is 5.58. The standard InChI is InChI=1S/C12H20BrN3O/c1-3-16-11(14-15-12(16)8-13)7-9-5-10(6-9)17-4-2/h9-10H,3-8H2,1-2H3. The fourth-order valence-corrected chi connectivity index (χ4v) is 2.87. The minimum absolute atomic E-state index is 0.485. The van der Waals surface area contributed by atoms with Crippen molar-refractivity contribution in [3.05, 3.63) is 11.6 Å². The van der Waals surface area contributed by atoms with Crippen LogP contribution in [0.2, 0.25) is 0 Å². The zero-order valence-electron chi connectivity index (χ0n) is 10.5. The predicted molar refractivity (Wildman–Crippen MR) is 70.2 cm³/mol. The number of rotatable bonds is 6. The van der Waals surface area contributed by atoms with Gasteiger partial charge >= 0.3 is 0 Å². The van der Waals surface area contributed by atoms with E-state index in [-0.39, 0.29) is 0 Å². The normalized spacial score (nSPS) is 23.7. The van der Waals surface area contributed by atoms with Crippen LogP contribution in [0.5, 0.6) is 0 Å². The Kier molecular flexibility index (Phi) is 4.56. The van der Waals surface area contributed by atoms with Crippen LogP contribution in [0.4, 0.5) is 0 Å². The smallest absolute Gasteiger partial charge is 0.143 e. The van der Waals surface area contributed by atoms with E-state index in [1.165, 1.54) is 12.8 Å². The zero-order chi connectivity index (χ0) is 12.3. The van der Waals surface area contributed by atoms with Crippen molar-refractivity contribution in [1.29, 1.82) is 0 Å². The summed E-state index contributed by atoms with van der Waals surface area (Å²) >= 11 is 3.45. The molecule has 1 aromatic heterocycles. The first-order chi connectivity index (χ1) is 8.28. The highest BCUT2D eigenvalue weighted by molar-refractivity contribution is 9.08. The summed E-state index contributed by atoms with van der Waals surface area (Å²) in [7, 11) is 0. The lowest BCUT2D eigenvalue weighted by Gasteiger charge is -2.34.